The SMILES string of the molecule is CC/C=C\C/C=C\CCCCCCCCCCCCCCCC(O)C(=O)NC(CO)C(O)C(O)CCC/C=C/CCCCCCCCCCCCCCCCCCCCCCCCCCCC. The zero-order chi connectivity index (χ0) is 48.8. The second kappa shape index (κ2) is 55.5. The Balaban J connectivity index is 3.60. The van der Waals surface area contributed by atoms with Gasteiger partial charge in [-0.2, -0.15) is 0 Å². The summed E-state index contributed by atoms with van der Waals surface area (Å²) in [6.07, 6.45) is 69.5. The van der Waals surface area contributed by atoms with Gasteiger partial charge in [0.2, 0.25) is 5.91 Å². The van der Waals surface area contributed by atoms with E-state index in [1.807, 2.05) is 0 Å². The standard InChI is InChI=1S/C61H117NO5/c1-3-5-7-9-11-13-15-17-19-21-23-25-26-27-28-29-30-31-32-33-34-35-37-38-40-42-44-46-48-50-52-54-58(64)60(66)57(56-63)62-61(67)59(65)55-53-51-49-47-45-43-41-39-36-24-22-20-18-16-14-12-10-8-6-4-2/h6,8,12,14,46,48,57-60,63-66H,3-5,7,9-11,13,15-45,47,49-56H2,1-2H3,(H,62,67)/b8-6-,14-12-,48-46+. The minimum Gasteiger partial charge on any atom is -0.394 e. The van der Waals surface area contributed by atoms with Crippen LogP contribution in [-0.4, -0.2) is 57.3 Å². The van der Waals surface area contributed by atoms with Crippen molar-refractivity contribution in [3.63, 3.8) is 0 Å². The molecule has 0 aromatic heterocycles. The van der Waals surface area contributed by atoms with Gasteiger partial charge >= 0.3 is 0 Å². The first-order valence-electron chi connectivity index (χ1n) is 29.9. The largest absolute Gasteiger partial charge is 0.394 e. The molecule has 0 spiro atoms. The molecule has 0 bridgehead atoms. The molecule has 0 heterocycles. The van der Waals surface area contributed by atoms with E-state index < -0.39 is 36.9 Å². The maximum absolute atomic E-state index is 12.6. The van der Waals surface area contributed by atoms with Crippen molar-refractivity contribution in [2.45, 2.75) is 340 Å². The number of hydrogen-bond donors (Lipinski definition) is 5. The molecular weight excluding hydrogens is 827 g/mol. The molecular formula is C61H117NO5. The molecule has 0 aliphatic heterocycles. The molecule has 396 valence electrons. The van der Waals surface area contributed by atoms with Gasteiger partial charge in [-0.25, -0.2) is 0 Å². The molecule has 0 saturated heterocycles. The molecule has 4 atom stereocenters. The summed E-state index contributed by atoms with van der Waals surface area (Å²) in [5.74, 6) is -0.591. The van der Waals surface area contributed by atoms with Gasteiger partial charge in [-0.1, -0.05) is 288 Å². The summed E-state index contributed by atoms with van der Waals surface area (Å²) in [5, 5.41) is 44.0. The van der Waals surface area contributed by atoms with E-state index in [-0.39, 0.29) is 0 Å². The lowest BCUT2D eigenvalue weighted by atomic mass is 10.00. The molecule has 4 unspecified atom stereocenters. The third-order valence-electron chi connectivity index (χ3n) is 14.1. The Labute approximate surface area is 417 Å². The first-order chi connectivity index (χ1) is 33.0. The minimum absolute atomic E-state index is 0.362. The van der Waals surface area contributed by atoms with Gasteiger partial charge < -0.3 is 25.7 Å². The molecule has 6 nitrogen and oxygen atoms in total. The fourth-order valence-electron chi connectivity index (χ4n) is 9.45. The number of carbonyl (C=O) groups is 1. The van der Waals surface area contributed by atoms with E-state index in [4.69, 9.17) is 0 Å². The van der Waals surface area contributed by atoms with Crippen LogP contribution in [0.5, 0.6) is 0 Å². The van der Waals surface area contributed by atoms with Gasteiger partial charge in [-0.05, 0) is 64.2 Å². The first kappa shape index (κ1) is 65.5. The van der Waals surface area contributed by atoms with E-state index in [9.17, 15) is 25.2 Å². The lowest BCUT2D eigenvalue weighted by molar-refractivity contribution is -0.132. The summed E-state index contributed by atoms with van der Waals surface area (Å²) in [6.45, 7) is 3.98. The van der Waals surface area contributed by atoms with Crippen molar-refractivity contribution in [2.24, 2.45) is 0 Å². The van der Waals surface area contributed by atoms with Gasteiger partial charge in [-0.3, -0.25) is 4.79 Å². The molecule has 0 aliphatic carbocycles. The summed E-state index contributed by atoms with van der Waals surface area (Å²) >= 11 is 0. The van der Waals surface area contributed by atoms with Crippen LogP contribution >= 0.6 is 0 Å². The van der Waals surface area contributed by atoms with Crippen LogP contribution in [0.4, 0.5) is 0 Å². The predicted octanol–water partition coefficient (Wildman–Crippen LogP) is 17.6. The highest BCUT2D eigenvalue weighted by molar-refractivity contribution is 5.80. The Hall–Kier alpha value is -1.47. The minimum atomic E-state index is -1.28. The highest BCUT2D eigenvalue weighted by Crippen LogP contribution is 2.18. The molecule has 0 saturated carbocycles. The highest BCUT2D eigenvalue weighted by atomic mass is 16.3. The van der Waals surface area contributed by atoms with Crippen LogP contribution in [0.15, 0.2) is 36.5 Å². The van der Waals surface area contributed by atoms with Gasteiger partial charge in [-0.15, -0.1) is 0 Å². The van der Waals surface area contributed by atoms with Crippen LogP contribution in [0.3, 0.4) is 0 Å². The highest BCUT2D eigenvalue weighted by Gasteiger charge is 2.28. The van der Waals surface area contributed by atoms with Crippen molar-refractivity contribution in [2.75, 3.05) is 6.61 Å². The molecule has 0 aromatic rings. The number of carbonyl (C=O) groups excluding carboxylic acids is 1. The number of allylic oxidation sites excluding steroid dienone is 6. The van der Waals surface area contributed by atoms with Crippen LogP contribution in [-0.2, 0) is 4.79 Å². The summed E-state index contributed by atoms with van der Waals surface area (Å²) in [5.41, 5.74) is 0. The summed E-state index contributed by atoms with van der Waals surface area (Å²) in [6, 6.07) is -1.00. The number of rotatable bonds is 55. The molecule has 0 rings (SSSR count). The second-order valence-corrected chi connectivity index (χ2v) is 20.7. The molecule has 67 heavy (non-hydrogen) atoms. The Morgan fingerprint density at radius 1 is 0.388 bits per heavy atom. The van der Waals surface area contributed by atoms with E-state index >= 15 is 0 Å². The molecule has 0 aromatic carbocycles. The van der Waals surface area contributed by atoms with Crippen molar-refractivity contribution in [1.82, 2.24) is 5.32 Å². The van der Waals surface area contributed by atoms with E-state index in [0.29, 0.717) is 12.8 Å². The Kier molecular flexibility index (Phi) is 54.2. The molecule has 6 heteroatoms. The van der Waals surface area contributed by atoms with Gasteiger partial charge in [0.05, 0.1) is 18.8 Å². The van der Waals surface area contributed by atoms with Crippen LogP contribution in [0.1, 0.15) is 316 Å². The maximum Gasteiger partial charge on any atom is 0.249 e. The van der Waals surface area contributed by atoms with E-state index in [1.165, 1.54) is 238 Å². The topological polar surface area (TPSA) is 110 Å². The van der Waals surface area contributed by atoms with Gasteiger partial charge in [0.1, 0.15) is 12.2 Å². The monoisotopic (exact) mass is 944 g/mol. The van der Waals surface area contributed by atoms with Gasteiger partial charge in [0.15, 0.2) is 0 Å². The van der Waals surface area contributed by atoms with E-state index in [0.717, 1.165) is 51.4 Å². The molecule has 0 fully saturated rings. The Morgan fingerprint density at radius 2 is 0.701 bits per heavy atom. The van der Waals surface area contributed by atoms with Crippen molar-refractivity contribution < 1.29 is 25.2 Å². The molecule has 1 amide bonds. The summed E-state index contributed by atoms with van der Waals surface area (Å²) in [7, 11) is 0. The number of hydrogen-bond acceptors (Lipinski definition) is 5. The second-order valence-electron chi connectivity index (χ2n) is 20.7. The average molecular weight is 945 g/mol. The number of amides is 1. The molecule has 0 aliphatic rings. The van der Waals surface area contributed by atoms with Crippen molar-refractivity contribution in [1.29, 1.82) is 0 Å². The van der Waals surface area contributed by atoms with Gasteiger partial charge in [0, 0.05) is 0 Å². The fourth-order valence-corrected chi connectivity index (χ4v) is 9.45. The smallest absolute Gasteiger partial charge is 0.249 e. The average Bonchev–Trinajstić information content (AvgIpc) is 3.33. The van der Waals surface area contributed by atoms with E-state index in [2.05, 4.69) is 55.6 Å². The zero-order valence-electron chi connectivity index (χ0n) is 44.9. The van der Waals surface area contributed by atoms with Crippen LogP contribution in [0.2, 0.25) is 0 Å². The summed E-state index contributed by atoms with van der Waals surface area (Å²) < 4.78 is 0. The lowest BCUT2D eigenvalue weighted by Gasteiger charge is -2.27. The number of nitrogens with one attached hydrogen (secondary N) is 1. The zero-order valence-corrected chi connectivity index (χ0v) is 44.9. The van der Waals surface area contributed by atoms with Crippen LogP contribution in [0.25, 0.3) is 0 Å². The lowest BCUT2D eigenvalue weighted by Crippen LogP contribution is -2.53. The van der Waals surface area contributed by atoms with Crippen LogP contribution in [0, 0.1) is 0 Å². The van der Waals surface area contributed by atoms with Crippen molar-refractivity contribution in [3.05, 3.63) is 36.5 Å². The fraction of sp³-hybridized carbons (Fsp3) is 0.885. The third-order valence-corrected chi connectivity index (χ3v) is 14.1. The molecule has 5 N–H and O–H groups in total. The van der Waals surface area contributed by atoms with E-state index in [1.54, 1.807) is 0 Å². The molecule has 0 radical (unpaired) electrons. The number of aliphatic hydroxyl groups is 4. The predicted molar refractivity (Wildman–Crippen MR) is 293 cm³/mol. The number of aliphatic hydroxyl groups excluding tert-OH is 4. The first-order valence-corrected chi connectivity index (χ1v) is 29.9. The van der Waals surface area contributed by atoms with Crippen molar-refractivity contribution >= 4 is 5.91 Å². The Morgan fingerprint density at radius 3 is 1.06 bits per heavy atom. The normalized spacial score (nSPS) is 13.9. The van der Waals surface area contributed by atoms with Gasteiger partial charge in [0.25, 0.3) is 0 Å². The summed E-state index contributed by atoms with van der Waals surface area (Å²) in [4.78, 5) is 12.6. The Bertz CT molecular complexity index is 1060. The van der Waals surface area contributed by atoms with Crippen LogP contribution < -0.4 is 5.32 Å². The van der Waals surface area contributed by atoms with Crippen molar-refractivity contribution in [3.8, 4) is 0 Å². The quantitative estimate of drug-likeness (QED) is 0.0308. The number of unbranched alkanes of at least 4 members (excludes halogenated alkanes) is 40. The maximum atomic E-state index is 12.6. The third kappa shape index (κ3) is 49.3.